The molecule has 26 heavy (non-hydrogen) atoms. The molecule has 0 radical (unpaired) electrons. The average Bonchev–Trinajstić information content (AvgIpc) is 3.44. The van der Waals surface area contributed by atoms with Gasteiger partial charge in [0.1, 0.15) is 0 Å². The predicted molar refractivity (Wildman–Crippen MR) is 107 cm³/mol. The molecular weight excluding hydrogens is 414 g/mol. The van der Waals surface area contributed by atoms with Crippen LogP contribution < -0.4 is 10.0 Å². The fraction of sp³-hybridized carbons (Fsp3) is 0.211. The number of benzene rings is 2. The highest BCUT2D eigenvalue weighted by atomic mass is 79.9. The van der Waals surface area contributed by atoms with E-state index in [1.807, 2.05) is 36.4 Å². The SMILES string of the molecule is O=S(=O)(NC1CC1)c1ccc(CNc2ccnc3c(Br)cccc23)cc1. The van der Waals surface area contributed by atoms with Crippen LogP contribution in [-0.4, -0.2) is 19.4 Å². The number of rotatable bonds is 6. The molecule has 1 aliphatic rings. The summed E-state index contributed by atoms with van der Waals surface area (Å²) >= 11 is 3.52. The topological polar surface area (TPSA) is 71.1 Å². The lowest BCUT2D eigenvalue weighted by atomic mass is 10.1. The highest BCUT2D eigenvalue weighted by molar-refractivity contribution is 9.10. The number of nitrogens with one attached hydrogen (secondary N) is 2. The third-order valence-corrected chi connectivity index (χ3v) is 6.51. The minimum Gasteiger partial charge on any atom is -0.380 e. The molecule has 5 nitrogen and oxygen atoms in total. The third kappa shape index (κ3) is 3.75. The summed E-state index contributed by atoms with van der Waals surface area (Å²) in [6, 6.07) is 15.0. The molecule has 1 heterocycles. The van der Waals surface area contributed by atoms with Crippen molar-refractivity contribution < 1.29 is 8.42 Å². The average molecular weight is 432 g/mol. The van der Waals surface area contributed by atoms with Crippen LogP contribution in [0.15, 0.2) is 64.1 Å². The second-order valence-electron chi connectivity index (χ2n) is 6.39. The molecule has 4 rings (SSSR count). The zero-order valence-corrected chi connectivity index (χ0v) is 16.3. The van der Waals surface area contributed by atoms with Gasteiger partial charge in [-0.05, 0) is 58.6 Å². The number of sulfonamides is 1. The molecule has 0 atom stereocenters. The second-order valence-corrected chi connectivity index (χ2v) is 8.96. The zero-order valence-electron chi connectivity index (χ0n) is 13.9. The number of fused-ring (bicyclic) bond motifs is 1. The molecule has 7 heteroatoms. The molecule has 0 amide bonds. The molecule has 1 aromatic heterocycles. The first kappa shape index (κ1) is 17.5. The first-order chi connectivity index (χ1) is 12.5. The minimum absolute atomic E-state index is 0.112. The summed E-state index contributed by atoms with van der Waals surface area (Å²) in [6.45, 7) is 0.599. The van der Waals surface area contributed by atoms with E-state index in [4.69, 9.17) is 0 Å². The lowest BCUT2D eigenvalue weighted by Gasteiger charge is -2.11. The van der Waals surface area contributed by atoms with E-state index >= 15 is 0 Å². The van der Waals surface area contributed by atoms with Crippen LogP contribution in [0.1, 0.15) is 18.4 Å². The van der Waals surface area contributed by atoms with Crippen LogP contribution in [0.3, 0.4) is 0 Å². The van der Waals surface area contributed by atoms with Crippen LogP contribution in [0, 0.1) is 0 Å². The molecular formula is C19H18BrN3O2S. The number of para-hydroxylation sites is 1. The Kier molecular flexibility index (Phi) is 4.69. The Hall–Kier alpha value is -1.96. The van der Waals surface area contributed by atoms with Crippen molar-refractivity contribution >= 4 is 42.5 Å². The van der Waals surface area contributed by atoms with Gasteiger partial charge in [0.05, 0.1) is 10.4 Å². The maximum absolute atomic E-state index is 12.2. The van der Waals surface area contributed by atoms with E-state index in [-0.39, 0.29) is 6.04 Å². The van der Waals surface area contributed by atoms with Gasteiger partial charge in [0.25, 0.3) is 0 Å². The molecule has 134 valence electrons. The second kappa shape index (κ2) is 6.98. The summed E-state index contributed by atoms with van der Waals surface area (Å²) in [5.41, 5.74) is 2.91. The summed E-state index contributed by atoms with van der Waals surface area (Å²) in [5.74, 6) is 0. The number of halogens is 1. The van der Waals surface area contributed by atoms with Gasteiger partial charge in [-0.25, -0.2) is 13.1 Å². The number of pyridine rings is 1. The summed E-state index contributed by atoms with van der Waals surface area (Å²) < 4.78 is 28.1. The van der Waals surface area contributed by atoms with Crippen LogP contribution in [0.4, 0.5) is 5.69 Å². The molecule has 0 saturated heterocycles. The molecule has 0 unspecified atom stereocenters. The minimum atomic E-state index is -3.40. The van der Waals surface area contributed by atoms with Gasteiger partial charge in [-0.15, -0.1) is 0 Å². The van der Waals surface area contributed by atoms with Crippen molar-refractivity contribution in [1.29, 1.82) is 0 Å². The fourth-order valence-corrected chi connectivity index (χ4v) is 4.54. The van der Waals surface area contributed by atoms with E-state index in [9.17, 15) is 8.42 Å². The van der Waals surface area contributed by atoms with Crippen LogP contribution >= 0.6 is 15.9 Å². The number of aromatic nitrogens is 1. The van der Waals surface area contributed by atoms with Crippen LogP contribution in [0.25, 0.3) is 10.9 Å². The fourth-order valence-electron chi connectivity index (χ4n) is 2.77. The van der Waals surface area contributed by atoms with Crippen molar-refractivity contribution in [3.05, 3.63) is 64.8 Å². The first-order valence-electron chi connectivity index (χ1n) is 8.41. The van der Waals surface area contributed by atoms with E-state index in [0.29, 0.717) is 11.4 Å². The molecule has 1 saturated carbocycles. The highest BCUT2D eigenvalue weighted by Crippen LogP contribution is 2.27. The molecule has 0 bridgehead atoms. The van der Waals surface area contributed by atoms with E-state index in [1.165, 1.54) is 0 Å². The zero-order chi connectivity index (χ0) is 18.1. The number of anilines is 1. The molecule has 0 spiro atoms. The van der Waals surface area contributed by atoms with Crippen molar-refractivity contribution in [3.63, 3.8) is 0 Å². The molecule has 1 aliphatic carbocycles. The standard InChI is InChI=1S/C19H18BrN3O2S/c20-17-3-1-2-16-18(10-11-21-19(16)17)22-12-13-4-8-15(9-5-13)26(24,25)23-14-6-7-14/h1-5,8-11,14,23H,6-7,12H2,(H,21,22). The lowest BCUT2D eigenvalue weighted by molar-refractivity contribution is 0.581. The van der Waals surface area contributed by atoms with Crippen molar-refractivity contribution in [2.24, 2.45) is 0 Å². The smallest absolute Gasteiger partial charge is 0.240 e. The number of hydrogen-bond donors (Lipinski definition) is 2. The van der Waals surface area contributed by atoms with Crippen LogP contribution in [-0.2, 0) is 16.6 Å². The van der Waals surface area contributed by atoms with Gasteiger partial charge in [-0.3, -0.25) is 4.98 Å². The Morgan fingerprint density at radius 1 is 1.08 bits per heavy atom. The van der Waals surface area contributed by atoms with Crippen LogP contribution in [0.2, 0.25) is 0 Å². The molecule has 0 aliphatic heterocycles. The largest absolute Gasteiger partial charge is 0.380 e. The van der Waals surface area contributed by atoms with E-state index < -0.39 is 10.0 Å². The molecule has 2 aromatic carbocycles. The van der Waals surface area contributed by atoms with Gasteiger partial charge in [-0.1, -0.05) is 24.3 Å². The van der Waals surface area contributed by atoms with E-state index in [2.05, 4.69) is 31.0 Å². The molecule has 2 N–H and O–H groups in total. The molecule has 3 aromatic rings. The maximum atomic E-state index is 12.2. The van der Waals surface area contributed by atoms with Crippen molar-refractivity contribution in [1.82, 2.24) is 9.71 Å². The van der Waals surface area contributed by atoms with E-state index in [1.54, 1.807) is 18.3 Å². The predicted octanol–water partition coefficient (Wildman–Crippen LogP) is 4.05. The highest BCUT2D eigenvalue weighted by Gasteiger charge is 2.27. The summed E-state index contributed by atoms with van der Waals surface area (Å²) in [7, 11) is -3.40. The number of hydrogen-bond acceptors (Lipinski definition) is 4. The maximum Gasteiger partial charge on any atom is 0.240 e. The number of nitrogens with zero attached hydrogens (tertiary/aromatic N) is 1. The Bertz CT molecular complexity index is 1050. The summed E-state index contributed by atoms with van der Waals surface area (Å²) in [4.78, 5) is 4.71. The normalized spacial score (nSPS) is 14.5. The van der Waals surface area contributed by atoms with Gasteiger partial charge in [-0.2, -0.15) is 0 Å². The van der Waals surface area contributed by atoms with Crippen molar-refractivity contribution in [3.8, 4) is 0 Å². The lowest BCUT2D eigenvalue weighted by Crippen LogP contribution is -2.25. The van der Waals surface area contributed by atoms with E-state index in [0.717, 1.165) is 39.5 Å². The van der Waals surface area contributed by atoms with Gasteiger partial charge in [0.2, 0.25) is 10.0 Å². The van der Waals surface area contributed by atoms with Gasteiger partial charge in [0.15, 0.2) is 0 Å². The summed E-state index contributed by atoms with van der Waals surface area (Å²) in [5, 5.41) is 4.44. The van der Waals surface area contributed by atoms with Gasteiger partial charge >= 0.3 is 0 Å². The monoisotopic (exact) mass is 431 g/mol. The third-order valence-electron chi connectivity index (χ3n) is 4.34. The first-order valence-corrected chi connectivity index (χ1v) is 10.7. The van der Waals surface area contributed by atoms with Crippen LogP contribution in [0.5, 0.6) is 0 Å². The van der Waals surface area contributed by atoms with Gasteiger partial charge < -0.3 is 5.32 Å². The Morgan fingerprint density at radius 2 is 1.85 bits per heavy atom. The Balaban J connectivity index is 1.49. The van der Waals surface area contributed by atoms with Crippen molar-refractivity contribution in [2.45, 2.75) is 30.3 Å². The van der Waals surface area contributed by atoms with Gasteiger partial charge in [0, 0.05) is 34.3 Å². The Labute approximate surface area is 161 Å². The Morgan fingerprint density at radius 3 is 2.58 bits per heavy atom. The molecule has 1 fully saturated rings. The van der Waals surface area contributed by atoms with Crippen molar-refractivity contribution in [2.75, 3.05) is 5.32 Å². The quantitative estimate of drug-likeness (QED) is 0.617. The summed E-state index contributed by atoms with van der Waals surface area (Å²) in [6.07, 6.45) is 3.63.